The molecule has 0 aliphatic carbocycles. The third-order valence-electron chi connectivity index (χ3n) is 4.49. The summed E-state index contributed by atoms with van der Waals surface area (Å²) in [5.41, 5.74) is 4.41. The fourth-order valence-corrected chi connectivity index (χ4v) is 5.27. The van der Waals surface area contributed by atoms with Crippen LogP contribution in [0.4, 0.5) is 5.69 Å². The van der Waals surface area contributed by atoms with Gasteiger partial charge in [0.25, 0.3) is 0 Å². The Kier molecular flexibility index (Phi) is 6.05. The minimum atomic E-state index is -3.26. The summed E-state index contributed by atoms with van der Waals surface area (Å²) >= 11 is 1.54. The molecule has 0 unspecified atom stereocenters. The highest BCUT2D eigenvalue weighted by atomic mass is 32.2. The Balaban J connectivity index is 1.62. The maximum absolute atomic E-state index is 12.6. The van der Waals surface area contributed by atoms with Gasteiger partial charge in [0.2, 0.25) is 15.9 Å². The van der Waals surface area contributed by atoms with Crippen molar-refractivity contribution in [1.82, 2.24) is 9.29 Å². The Morgan fingerprint density at radius 2 is 2.12 bits per heavy atom. The number of thiazole rings is 1. The number of amides is 1. The van der Waals surface area contributed by atoms with Crippen molar-refractivity contribution < 1.29 is 13.2 Å². The molecule has 1 N–H and O–H groups in total. The molecular formula is C18H23N3O3S2. The number of nitrogens with zero attached hydrogens (tertiary/aromatic N) is 2. The smallest absolute Gasteiger partial charge is 0.228 e. The van der Waals surface area contributed by atoms with Crippen molar-refractivity contribution in [2.24, 2.45) is 5.92 Å². The van der Waals surface area contributed by atoms with Crippen molar-refractivity contribution in [2.45, 2.75) is 26.2 Å². The van der Waals surface area contributed by atoms with Crippen molar-refractivity contribution in [3.63, 3.8) is 0 Å². The van der Waals surface area contributed by atoms with Crippen LogP contribution in [0, 0.1) is 5.92 Å². The molecule has 0 radical (unpaired) electrons. The van der Waals surface area contributed by atoms with E-state index in [2.05, 4.69) is 10.3 Å². The molecule has 2 aromatic rings. The summed E-state index contributed by atoms with van der Waals surface area (Å²) in [6.45, 7) is 2.63. The molecule has 1 atom stereocenters. The van der Waals surface area contributed by atoms with Crippen LogP contribution in [0.1, 0.15) is 26.2 Å². The van der Waals surface area contributed by atoms with Gasteiger partial charge >= 0.3 is 0 Å². The number of aromatic nitrogens is 1. The third kappa shape index (κ3) is 4.49. The van der Waals surface area contributed by atoms with E-state index in [1.165, 1.54) is 15.6 Å². The quantitative estimate of drug-likeness (QED) is 0.817. The van der Waals surface area contributed by atoms with Crippen molar-refractivity contribution >= 4 is 33.0 Å². The van der Waals surface area contributed by atoms with Crippen LogP contribution in [0.5, 0.6) is 0 Å². The summed E-state index contributed by atoms with van der Waals surface area (Å²) in [6.07, 6.45) is 2.01. The van der Waals surface area contributed by atoms with Crippen LogP contribution in [0.25, 0.3) is 11.3 Å². The van der Waals surface area contributed by atoms with Gasteiger partial charge in [0.05, 0.1) is 22.9 Å². The molecule has 6 nitrogen and oxygen atoms in total. The molecule has 0 saturated carbocycles. The molecule has 1 fully saturated rings. The number of sulfonamides is 1. The first-order chi connectivity index (χ1) is 12.5. The topological polar surface area (TPSA) is 79.4 Å². The van der Waals surface area contributed by atoms with Crippen molar-refractivity contribution in [3.05, 3.63) is 35.2 Å². The summed E-state index contributed by atoms with van der Waals surface area (Å²) in [4.78, 5) is 16.8. The van der Waals surface area contributed by atoms with E-state index in [4.69, 9.17) is 0 Å². The van der Waals surface area contributed by atoms with Gasteiger partial charge in [-0.05, 0) is 31.4 Å². The van der Waals surface area contributed by atoms with Crippen LogP contribution in [0.15, 0.2) is 35.2 Å². The number of nitrogens with one attached hydrogen (secondary N) is 1. The highest BCUT2D eigenvalue weighted by Crippen LogP contribution is 2.24. The molecular weight excluding hydrogens is 370 g/mol. The predicted molar refractivity (Wildman–Crippen MR) is 105 cm³/mol. The third-order valence-corrected chi connectivity index (χ3v) is 7.12. The molecule has 26 heavy (non-hydrogen) atoms. The molecule has 0 spiro atoms. The molecule has 1 amide bonds. The lowest BCUT2D eigenvalue weighted by Crippen LogP contribution is -2.44. The second-order valence-corrected chi connectivity index (χ2v) is 9.26. The number of hydrogen-bond donors (Lipinski definition) is 1. The van der Waals surface area contributed by atoms with E-state index in [0.29, 0.717) is 31.5 Å². The monoisotopic (exact) mass is 393 g/mol. The zero-order valence-corrected chi connectivity index (χ0v) is 16.4. The Labute approximate surface area is 158 Å². The van der Waals surface area contributed by atoms with E-state index in [-0.39, 0.29) is 24.1 Å². The van der Waals surface area contributed by atoms with E-state index >= 15 is 0 Å². The molecule has 1 aliphatic rings. The summed E-state index contributed by atoms with van der Waals surface area (Å²) < 4.78 is 26.0. The molecule has 0 bridgehead atoms. The highest BCUT2D eigenvalue weighted by molar-refractivity contribution is 7.89. The van der Waals surface area contributed by atoms with Crippen molar-refractivity contribution in [3.8, 4) is 11.3 Å². The summed E-state index contributed by atoms with van der Waals surface area (Å²) in [6, 6.07) is 7.54. The fraction of sp³-hybridized carbons (Fsp3) is 0.444. The van der Waals surface area contributed by atoms with Crippen LogP contribution in [0.3, 0.4) is 0 Å². The maximum Gasteiger partial charge on any atom is 0.228 e. The van der Waals surface area contributed by atoms with Gasteiger partial charge in [0, 0.05) is 29.7 Å². The van der Waals surface area contributed by atoms with Crippen LogP contribution in [-0.4, -0.2) is 42.5 Å². The van der Waals surface area contributed by atoms with E-state index in [1.54, 1.807) is 5.51 Å². The largest absolute Gasteiger partial charge is 0.326 e. The predicted octanol–water partition coefficient (Wildman–Crippen LogP) is 3.20. The fourth-order valence-electron chi connectivity index (χ4n) is 3.12. The number of carbonyl (C=O) groups excluding carboxylic acids is 1. The lowest BCUT2D eigenvalue weighted by Gasteiger charge is -2.31. The number of piperidine rings is 1. The zero-order chi connectivity index (χ0) is 18.6. The van der Waals surface area contributed by atoms with Crippen molar-refractivity contribution in [2.75, 3.05) is 24.2 Å². The van der Waals surface area contributed by atoms with Gasteiger partial charge in [-0.2, -0.15) is 0 Å². The second kappa shape index (κ2) is 8.28. The first-order valence-electron chi connectivity index (χ1n) is 8.77. The lowest BCUT2D eigenvalue weighted by atomic mass is 9.98. The van der Waals surface area contributed by atoms with E-state index in [0.717, 1.165) is 11.3 Å². The van der Waals surface area contributed by atoms with E-state index in [1.807, 2.05) is 36.6 Å². The molecule has 1 aromatic carbocycles. The molecule has 1 aromatic heterocycles. The summed E-state index contributed by atoms with van der Waals surface area (Å²) in [5.74, 6) is -0.296. The SMILES string of the molecule is CCCS(=O)(=O)N1CCC[C@@H](C(=O)Nc2ccc(-c3cscn3)cc2)C1. The summed E-state index contributed by atoms with van der Waals surface area (Å²) in [5, 5.41) is 4.88. The standard InChI is InChI=1S/C18H23N3O3S2/c1-2-10-26(23,24)21-9-3-4-15(11-21)18(22)20-16-7-5-14(6-8-16)17-12-25-13-19-17/h5-8,12-13,15H,2-4,9-11H2,1H3,(H,20,22)/t15-/m1/s1. The van der Waals surface area contributed by atoms with E-state index in [9.17, 15) is 13.2 Å². The second-order valence-electron chi connectivity index (χ2n) is 6.45. The summed E-state index contributed by atoms with van der Waals surface area (Å²) in [7, 11) is -3.26. The van der Waals surface area contributed by atoms with Crippen LogP contribution >= 0.6 is 11.3 Å². The lowest BCUT2D eigenvalue weighted by molar-refractivity contribution is -0.120. The minimum Gasteiger partial charge on any atom is -0.326 e. The number of hydrogen-bond acceptors (Lipinski definition) is 5. The Morgan fingerprint density at radius 1 is 1.35 bits per heavy atom. The Hall–Kier alpha value is -1.77. The molecule has 1 aliphatic heterocycles. The van der Waals surface area contributed by atoms with Crippen molar-refractivity contribution in [1.29, 1.82) is 0 Å². The average molecular weight is 394 g/mol. The number of benzene rings is 1. The van der Waals surface area contributed by atoms with Crippen LogP contribution in [-0.2, 0) is 14.8 Å². The number of rotatable bonds is 6. The zero-order valence-electron chi connectivity index (χ0n) is 14.7. The van der Waals surface area contributed by atoms with Gasteiger partial charge in [-0.25, -0.2) is 17.7 Å². The molecule has 3 rings (SSSR count). The minimum absolute atomic E-state index is 0.122. The molecule has 8 heteroatoms. The van der Waals surface area contributed by atoms with Gasteiger partial charge < -0.3 is 5.32 Å². The molecule has 140 valence electrons. The normalized spacial score (nSPS) is 18.6. The van der Waals surface area contributed by atoms with Gasteiger partial charge in [0.1, 0.15) is 0 Å². The van der Waals surface area contributed by atoms with Gasteiger partial charge in [-0.3, -0.25) is 4.79 Å². The van der Waals surface area contributed by atoms with Crippen LogP contribution in [0.2, 0.25) is 0 Å². The maximum atomic E-state index is 12.6. The molecule has 2 heterocycles. The van der Waals surface area contributed by atoms with Gasteiger partial charge in [0.15, 0.2) is 0 Å². The number of anilines is 1. The van der Waals surface area contributed by atoms with E-state index < -0.39 is 10.0 Å². The van der Waals surface area contributed by atoms with Gasteiger partial charge in [-0.15, -0.1) is 11.3 Å². The highest BCUT2D eigenvalue weighted by Gasteiger charge is 2.31. The first-order valence-corrected chi connectivity index (χ1v) is 11.3. The van der Waals surface area contributed by atoms with Gasteiger partial charge in [-0.1, -0.05) is 19.1 Å². The van der Waals surface area contributed by atoms with Crippen LogP contribution < -0.4 is 5.32 Å². The average Bonchev–Trinajstić information content (AvgIpc) is 3.17. The number of carbonyl (C=O) groups is 1. The first kappa shape index (κ1) is 19.0. The Bertz CT molecular complexity index is 833. The molecule has 1 saturated heterocycles. The Morgan fingerprint density at radius 3 is 2.77 bits per heavy atom.